The van der Waals surface area contributed by atoms with Crippen molar-refractivity contribution < 1.29 is 4.39 Å². The molecule has 0 radical (unpaired) electrons. The molecule has 1 atom stereocenters. The Kier molecular flexibility index (Phi) is 5.10. The molecule has 0 aliphatic rings. The van der Waals surface area contributed by atoms with E-state index in [1.165, 1.54) is 6.07 Å². The Morgan fingerprint density at radius 2 is 2.14 bits per heavy atom. The van der Waals surface area contributed by atoms with E-state index in [0.717, 1.165) is 29.3 Å². The van der Waals surface area contributed by atoms with Crippen molar-refractivity contribution in [2.75, 3.05) is 0 Å². The van der Waals surface area contributed by atoms with Crippen LogP contribution in [-0.4, -0.2) is 4.83 Å². The van der Waals surface area contributed by atoms with E-state index in [4.69, 9.17) is 0 Å². The van der Waals surface area contributed by atoms with Crippen LogP contribution in [0.15, 0.2) is 22.7 Å². The van der Waals surface area contributed by atoms with Crippen molar-refractivity contribution in [2.24, 2.45) is 0 Å². The van der Waals surface area contributed by atoms with Gasteiger partial charge in [0.2, 0.25) is 0 Å². The van der Waals surface area contributed by atoms with Crippen molar-refractivity contribution in [3.8, 4) is 0 Å². The summed E-state index contributed by atoms with van der Waals surface area (Å²) in [6, 6.07) is 5.09. The van der Waals surface area contributed by atoms with Crippen LogP contribution in [0.5, 0.6) is 0 Å². The Morgan fingerprint density at radius 3 is 2.79 bits per heavy atom. The summed E-state index contributed by atoms with van der Waals surface area (Å²) >= 11 is 6.82. The van der Waals surface area contributed by atoms with Gasteiger partial charge in [0.25, 0.3) is 0 Å². The average molecular weight is 324 g/mol. The highest BCUT2D eigenvalue weighted by molar-refractivity contribution is 9.10. The van der Waals surface area contributed by atoms with Gasteiger partial charge in [-0.1, -0.05) is 38.8 Å². The highest BCUT2D eigenvalue weighted by Gasteiger charge is 2.03. The topological polar surface area (TPSA) is 0 Å². The number of hydrogen-bond acceptors (Lipinski definition) is 0. The van der Waals surface area contributed by atoms with Crippen LogP contribution in [0.1, 0.15) is 25.3 Å². The molecule has 1 rings (SSSR count). The fraction of sp³-hybridized carbons (Fsp3) is 0.455. The molecule has 1 aromatic rings. The molecule has 0 bridgehead atoms. The quantitative estimate of drug-likeness (QED) is 0.705. The summed E-state index contributed by atoms with van der Waals surface area (Å²) < 4.78 is 14.2. The number of hydrogen-bond donors (Lipinski definition) is 0. The smallest absolute Gasteiger partial charge is 0.126 e. The van der Waals surface area contributed by atoms with Crippen LogP contribution in [0.4, 0.5) is 4.39 Å². The summed E-state index contributed by atoms with van der Waals surface area (Å²) in [5, 5.41) is 0. The summed E-state index contributed by atoms with van der Waals surface area (Å²) in [6.07, 6.45) is 2.90. The Morgan fingerprint density at radius 1 is 1.43 bits per heavy atom. The van der Waals surface area contributed by atoms with Gasteiger partial charge in [-0.05, 0) is 43.0 Å². The van der Waals surface area contributed by atoms with E-state index < -0.39 is 0 Å². The zero-order valence-electron chi connectivity index (χ0n) is 8.06. The second-order valence-electron chi connectivity index (χ2n) is 3.41. The van der Waals surface area contributed by atoms with Crippen molar-refractivity contribution in [1.82, 2.24) is 0 Å². The van der Waals surface area contributed by atoms with Gasteiger partial charge < -0.3 is 0 Å². The Labute approximate surface area is 101 Å². The molecule has 78 valence electrons. The number of alkyl halides is 1. The highest BCUT2D eigenvalue weighted by Crippen LogP contribution is 2.18. The third-order valence-electron chi connectivity index (χ3n) is 2.06. The van der Waals surface area contributed by atoms with Gasteiger partial charge >= 0.3 is 0 Å². The summed E-state index contributed by atoms with van der Waals surface area (Å²) in [5.41, 5.74) is 0.799. The lowest BCUT2D eigenvalue weighted by molar-refractivity contribution is 0.600. The number of aryl methyl sites for hydroxylation is 1. The number of rotatable bonds is 4. The maximum absolute atomic E-state index is 13.3. The lowest BCUT2D eigenvalue weighted by Crippen LogP contribution is -1.95. The van der Waals surface area contributed by atoms with Crippen molar-refractivity contribution in [3.63, 3.8) is 0 Å². The first-order valence-corrected chi connectivity index (χ1v) is 6.38. The molecule has 0 aromatic heterocycles. The summed E-state index contributed by atoms with van der Waals surface area (Å²) in [4.78, 5) is 0.512. The molecule has 0 heterocycles. The van der Waals surface area contributed by atoms with E-state index in [0.29, 0.717) is 4.83 Å². The minimum atomic E-state index is -0.101. The van der Waals surface area contributed by atoms with E-state index >= 15 is 0 Å². The van der Waals surface area contributed by atoms with Crippen LogP contribution < -0.4 is 0 Å². The molecule has 0 saturated heterocycles. The van der Waals surface area contributed by atoms with Gasteiger partial charge in [-0.15, -0.1) is 0 Å². The van der Waals surface area contributed by atoms with E-state index in [1.807, 2.05) is 6.07 Å². The Bertz CT molecular complexity index is 297. The molecule has 1 unspecified atom stereocenters. The molecule has 0 saturated carbocycles. The monoisotopic (exact) mass is 322 g/mol. The molecule has 1 aromatic carbocycles. The predicted molar refractivity (Wildman–Crippen MR) is 65.4 cm³/mol. The summed E-state index contributed by atoms with van der Waals surface area (Å²) in [6.45, 7) is 2.11. The van der Waals surface area contributed by atoms with Crippen LogP contribution >= 0.6 is 31.9 Å². The molecule has 0 nitrogen and oxygen atoms in total. The molecule has 0 aliphatic carbocycles. The minimum absolute atomic E-state index is 0.101. The van der Waals surface area contributed by atoms with Gasteiger partial charge in [-0.3, -0.25) is 0 Å². The van der Waals surface area contributed by atoms with Gasteiger partial charge in [0, 0.05) is 9.30 Å². The first-order chi connectivity index (χ1) is 6.59. The van der Waals surface area contributed by atoms with Crippen molar-refractivity contribution in [3.05, 3.63) is 34.1 Å². The molecule has 0 amide bonds. The zero-order chi connectivity index (χ0) is 10.6. The molecule has 14 heavy (non-hydrogen) atoms. The van der Waals surface area contributed by atoms with Gasteiger partial charge in [0.1, 0.15) is 5.82 Å². The van der Waals surface area contributed by atoms with Gasteiger partial charge in [-0.2, -0.15) is 0 Å². The first kappa shape index (κ1) is 12.2. The second-order valence-corrected chi connectivity index (χ2v) is 5.89. The fourth-order valence-corrected chi connectivity index (χ4v) is 2.04. The predicted octanol–water partition coefficient (Wildman–Crippen LogP) is 4.69. The van der Waals surface area contributed by atoms with Crippen molar-refractivity contribution >= 4 is 31.9 Å². The lowest BCUT2D eigenvalue weighted by atomic mass is 10.1. The minimum Gasteiger partial charge on any atom is -0.207 e. The number of halogens is 3. The second kappa shape index (κ2) is 5.86. The highest BCUT2D eigenvalue weighted by atomic mass is 79.9. The molecular weight excluding hydrogens is 311 g/mol. The van der Waals surface area contributed by atoms with E-state index in [2.05, 4.69) is 38.8 Å². The number of benzene rings is 1. The fourth-order valence-electron chi connectivity index (χ4n) is 1.31. The normalized spacial score (nSPS) is 12.9. The van der Waals surface area contributed by atoms with E-state index in [1.54, 1.807) is 6.07 Å². The van der Waals surface area contributed by atoms with E-state index in [9.17, 15) is 4.39 Å². The van der Waals surface area contributed by atoms with Crippen LogP contribution in [-0.2, 0) is 6.42 Å². The maximum atomic E-state index is 13.3. The standard InChI is InChI=1S/C11H13Br2F/c1-8(12)3-2-4-9-7-10(13)5-6-11(9)14/h5-8H,2-4H2,1H3. The first-order valence-electron chi connectivity index (χ1n) is 4.67. The average Bonchev–Trinajstić information content (AvgIpc) is 2.10. The van der Waals surface area contributed by atoms with Gasteiger partial charge in [-0.25, -0.2) is 4.39 Å². The largest absolute Gasteiger partial charge is 0.207 e. The van der Waals surface area contributed by atoms with Crippen LogP contribution in [0.3, 0.4) is 0 Å². The molecule has 0 fully saturated rings. The summed E-state index contributed by atoms with van der Waals surface area (Å²) in [7, 11) is 0. The third kappa shape index (κ3) is 4.09. The zero-order valence-corrected chi connectivity index (χ0v) is 11.2. The van der Waals surface area contributed by atoms with E-state index in [-0.39, 0.29) is 5.82 Å². The Hall–Kier alpha value is 0.110. The molecule has 0 spiro atoms. The van der Waals surface area contributed by atoms with Crippen molar-refractivity contribution in [1.29, 1.82) is 0 Å². The lowest BCUT2D eigenvalue weighted by Gasteiger charge is -2.05. The third-order valence-corrected chi connectivity index (χ3v) is 3.01. The molecule has 0 aliphatic heterocycles. The summed E-state index contributed by atoms with van der Waals surface area (Å²) in [5.74, 6) is -0.101. The maximum Gasteiger partial charge on any atom is 0.126 e. The Balaban J connectivity index is 2.53. The SMILES string of the molecule is CC(Br)CCCc1cc(Br)ccc1F. The van der Waals surface area contributed by atoms with Gasteiger partial charge in [0.15, 0.2) is 0 Å². The molecular formula is C11H13Br2F. The van der Waals surface area contributed by atoms with Crippen LogP contribution in [0.2, 0.25) is 0 Å². The molecule has 0 N–H and O–H groups in total. The van der Waals surface area contributed by atoms with Crippen LogP contribution in [0.25, 0.3) is 0 Å². The van der Waals surface area contributed by atoms with Gasteiger partial charge in [0.05, 0.1) is 0 Å². The molecule has 3 heteroatoms. The van der Waals surface area contributed by atoms with Crippen LogP contribution in [0, 0.1) is 5.82 Å². The van der Waals surface area contributed by atoms with Crippen molar-refractivity contribution in [2.45, 2.75) is 31.0 Å².